The minimum atomic E-state index is -0.320. The van der Waals surface area contributed by atoms with Crippen LogP contribution in [0.3, 0.4) is 0 Å². The van der Waals surface area contributed by atoms with Gasteiger partial charge < -0.3 is 24.4 Å². The van der Waals surface area contributed by atoms with Crippen molar-refractivity contribution in [3.05, 3.63) is 47.5 Å². The number of anilines is 1. The lowest BCUT2D eigenvalue weighted by Crippen LogP contribution is -2.44. The Hall–Kier alpha value is -2.89. The summed E-state index contributed by atoms with van der Waals surface area (Å²) in [5.41, 5.74) is 2.38. The quantitative estimate of drug-likeness (QED) is 0.891. The molecule has 1 aliphatic heterocycles. The van der Waals surface area contributed by atoms with Crippen LogP contribution in [0.1, 0.15) is 34.9 Å². The smallest absolute Gasteiger partial charge is 0.258 e. The van der Waals surface area contributed by atoms with Crippen molar-refractivity contribution < 1.29 is 19.0 Å². The van der Waals surface area contributed by atoms with E-state index in [0.717, 1.165) is 24.1 Å². The van der Waals surface area contributed by atoms with Crippen molar-refractivity contribution in [3.63, 3.8) is 0 Å². The first-order valence-electron chi connectivity index (χ1n) is 8.66. The average molecular weight is 354 g/mol. The molecule has 1 N–H and O–H groups in total. The Morgan fingerprint density at radius 2 is 1.62 bits per heavy atom. The lowest BCUT2D eigenvalue weighted by molar-refractivity contribution is 0.0664. The average Bonchev–Trinajstić information content (AvgIpc) is 3.51. The number of amides is 1. The Morgan fingerprint density at radius 1 is 0.962 bits per heavy atom. The standard InChI is InChI=1S/C20H22N2O4/c1-24-16-11-18(26-3)17(25-2)10-14(16)19-21-15-7-5-4-6-13(15)20(23)22(19)12-8-9-12/h4-7,10-12,19,21H,8-9H2,1-3H3. The molecule has 1 fully saturated rings. The first-order valence-corrected chi connectivity index (χ1v) is 8.66. The van der Waals surface area contributed by atoms with E-state index in [1.165, 1.54) is 0 Å². The van der Waals surface area contributed by atoms with Gasteiger partial charge in [0.05, 0.1) is 26.9 Å². The second-order valence-corrected chi connectivity index (χ2v) is 6.49. The monoisotopic (exact) mass is 354 g/mol. The number of nitrogens with zero attached hydrogens (tertiary/aromatic N) is 1. The van der Waals surface area contributed by atoms with Crippen LogP contribution in [0.2, 0.25) is 0 Å². The van der Waals surface area contributed by atoms with Gasteiger partial charge in [0.1, 0.15) is 11.9 Å². The van der Waals surface area contributed by atoms with Gasteiger partial charge in [0.25, 0.3) is 5.91 Å². The molecule has 1 unspecified atom stereocenters. The zero-order chi connectivity index (χ0) is 18.3. The summed E-state index contributed by atoms with van der Waals surface area (Å²) in [5, 5.41) is 3.51. The summed E-state index contributed by atoms with van der Waals surface area (Å²) in [6, 6.07) is 11.5. The summed E-state index contributed by atoms with van der Waals surface area (Å²) in [6.45, 7) is 0. The van der Waals surface area contributed by atoms with Crippen LogP contribution in [0, 0.1) is 0 Å². The minimum absolute atomic E-state index is 0.0451. The van der Waals surface area contributed by atoms with Crippen molar-refractivity contribution in [2.75, 3.05) is 26.6 Å². The highest BCUT2D eigenvalue weighted by Crippen LogP contribution is 2.45. The number of para-hydroxylation sites is 1. The highest BCUT2D eigenvalue weighted by atomic mass is 16.5. The molecule has 2 aromatic carbocycles. The summed E-state index contributed by atoms with van der Waals surface area (Å²) < 4.78 is 16.4. The van der Waals surface area contributed by atoms with Crippen molar-refractivity contribution in [2.24, 2.45) is 0 Å². The number of benzene rings is 2. The van der Waals surface area contributed by atoms with Crippen molar-refractivity contribution in [3.8, 4) is 17.2 Å². The summed E-state index contributed by atoms with van der Waals surface area (Å²) in [4.78, 5) is 15.1. The zero-order valence-electron chi connectivity index (χ0n) is 15.1. The van der Waals surface area contributed by atoms with Gasteiger partial charge in [0.15, 0.2) is 11.5 Å². The normalized spacial score (nSPS) is 18.8. The van der Waals surface area contributed by atoms with Crippen LogP contribution in [0.4, 0.5) is 5.69 Å². The van der Waals surface area contributed by atoms with Gasteiger partial charge in [-0.25, -0.2) is 0 Å². The molecule has 1 amide bonds. The molecular weight excluding hydrogens is 332 g/mol. The van der Waals surface area contributed by atoms with E-state index in [2.05, 4.69) is 5.32 Å². The lowest BCUT2D eigenvalue weighted by Gasteiger charge is -2.39. The largest absolute Gasteiger partial charge is 0.496 e. The molecule has 1 saturated carbocycles. The van der Waals surface area contributed by atoms with Crippen LogP contribution in [0.5, 0.6) is 17.2 Å². The highest BCUT2D eigenvalue weighted by Gasteiger charge is 2.43. The van der Waals surface area contributed by atoms with Gasteiger partial charge in [-0.05, 0) is 31.0 Å². The maximum Gasteiger partial charge on any atom is 0.258 e. The predicted molar refractivity (Wildman–Crippen MR) is 98.1 cm³/mol. The topological polar surface area (TPSA) is 60.0 Å². The molecule has 1 heterocycles. The Kier molecular flexibility index (Phi) is 4.11. The molecule has 0 aromatic heterocycles. The molecule has 0 bridgehead atoms. The SMILES string of the molecule is COc1cc(OC)c(C2Nc3ccccc3C(=O)N2C2CC2)cc1OC. The Morgan fingerprint density at radius 3 is 2.27 bits per heavy atom. The number of hydrogen-bond acceptors (Lipinski definition) is 5. The van der Waals surface area contributed by atoms with E-state index in [1.807, 2.05) is 35.2 Å². The minimum Gasteiger partial charge on any atom is -0.496 e. The number of hydrogen-bond donors (Lipinski definition) is 1. The van der Waals surface area contributed by atoms with Gasteiger partial charge in [0, 0.05) is 23.4 Å². The third-order valence-corrected chi connectivity index (χ3v) is 4.93. The molecule has 4 rings (SSSR count). The Bertz CT molecular complexity index is 848. The van der Waals surface area contributed by atoms with Gasteiger partial charge in [-0.1, -0.05) is 12.1 Å². The molecule has 1 aliphatic carbocycles. The molecule has 2 aliphatic rings. The summed E-state index contributed by atoms with van der Waals surface area (Å²) >= 11 is 0. The lowest BCUT2D eigenvalue weighted by atomic mass is 10.0. The molecule has 26 heavy (non-hydrogen) atoms. The second kappa shape index (κ2) is 6.44. The fourth-order valence-electron chi connectivity index (χ4n) is 3.49. The number of rotatable bonds is 5. The van der Waals surface area contributed by atoms with E-state index in [4.69, 9.17) is 14.2 Å². The molecule has 0 saturated heterocycles. The van der Waals surface area contributed by atoms with Gasteiger partial charge in [0.2, 0.25) is 0 Å². The number of methoxy groups -OCH3 is 3. The van der Waals surface area contributed by atoms with E-state index in [0.29, 0.717) is 22.8 Å². The highest BCUT2D eigenvalue weighted by molar-refractivity contribution is 6.02. The van der Waals surface area contributed by atoms with Crippen LogP contribution < -0.4 is 19.5 Å². The molecule has 1 atom stereocenters. The Balaban J connectivity index is 1.84. The molecule has 2 aromatic rings. The van der Waals surface area contributed by atoms with Crippen molar-refractivity contribution in [1.82, 2.24) is 4.90 Å². The van der Waals surface area contributed by atoms with Crippen molar-refractivity contribution in [2.45, 2.75) is 25.0 Å². The van der Waals surface area contributed by atoms with Gasteiger partial charge >= 0.3 is 0 Å². The van der Waals surface area contributed by atoms with Crippen LogP contribution in [0.15, 0.2) is 36.4 Å². The summed E-state index contributed by atoms with van der Waals surface area (Å²) in [5.74, 6) is 1.89. The summed E-state index contributed by atoms with van der Waals surface area (Å²) in [7, 11) is 4.80. The molecule has 136 valence electrons. The number of fused-ring (bicyclic) bond motifs is 1. The van der Waals surface area contributed by atoms with E-state index < -0.39 is 0 Å². The fourth-order valence-corrected chi connectivity index (χ4v) is 3.49. The number of nitrogens with one attached hydrogen (secondary N) is 1. The third kappa shape index (κ3) is 2.62. The van der Waals surface area contributed by atoms with Crippen molar-refractivity contribution in [1.29, 1.82) is 0 Å². The number of carbonyl (C=O) groups is 1. The zero-order valence-corrected chi connectivity index (χ0v) is 15.1. The number of carbonyl (C=O) groups excluding carboxylic acids is 1. The first kappa shape index (κ1) is 16.6. The number of ether oxygens (including phenoxy) is 3. The van der Waals surface area contributed by atoms with E-state index >= 15 is 0 Å². The Labute approximate surface area is 152 Å². The van der Waals surface area contributed by atoms with Crippen LogP contribution in [0.25, 0.3) is 0 Å². The molecule has 0 radical (unpaired) electrons. The predicted octanol–water partition coefficient (Wildman–Crippen LogP) is 3.44. The van der Waals surface area contributed by atoms with Crippen LogP contribution in [-0.2, 0) is 0 Å². The van der Waals surface area contributed by atoms with E-state index in [-0.39, 0.29) is 18.1 Å². The third-order valence-electron chi connectivity index (χ3n) is 4.93. The maximum absolute atomic E-state index is 13.1. The van der Waals surface area contributed by atoms with Crippen molar-refractivity contribution >= 4 is 11.6 Å². The van der Waals surface area contributed by atoms with Gasteiger partial charge in [-0.3, -0.25) is 4.79 Å². The molecular formula is C20H22N2O4. The molecule has 0 spiro atoms. The second-order valence-electron chi connectivity index (χ2n) is 6.49. The molecule has 6 heteroatoms. The van der Waals surface area contributed by atoms with Gasteiger partial charge in [-0.15, -0.1) is 0 Å². The molecule has 6 nitrogen and oxygen atoms in total. The maximum atomic E-state index is 13.1. The summed E-state index contributed by atoms with van der Waals surface area (Å²) in [6.07, 6.45) is 1.71. The fraction of sp³-hybridized carbons (Fsp3) is 0.350. The van der Waals surface area contributed by atoms with Crippen LogP contribution in [-0.4, -0.2) is 38.2 Å². The first-order chi connectivity index (χ1) is 12.7. The van der Waals surface area contributed by atoms with Crippen LogP contribution >= 0.6 is 0 Å². The van der Waals surface area contributed by atoms with E-state index in [9.17, 15) is 4.79 Å². The van der Waals surface area contributed by atoms with E-state index in [1.54, 1.807) is 27.4 Å². The van der Waals surface area contributed by atoms with Gasteiger partial charge in [-0.2, -0.15) is 0 Å².